The number of benzene rings is 2. The predicted octanol–water partition coefficient (Wildman–Crippen LogP) is 1.55. The van der Waals surface area contributed by atoms with Crippen LogP contribution in [-0.4, -0.2) is 25.9 Å². The highest BCUT2D eigenvalue weighted by atomic mass is 32.2. The molecule has 0 heterocycles. The van der Waals surface area contributed by atoms with Crippen LogP contribution in [0.25, 0.3) is 0 Å². The molecule has 0 saturated heterocycles. The van der Waals surface area contributed by atoms with Gasteiger partial charge in [0.15, 0.2) is 0 Å². The van der Waals surface area contributed by atoms with E-state index in [4.69, 9.17) is 4.74 Å². The number of nitro groups is 1. The summed E-state index contributed by atoms with van der Waals surface area (Å²) in [6.07, 6.45) is -0.135. The van der Waals surface area contributed by atoms with E-state index in [1.165, 1.54) is 48.5 Å². The summed E-state index contributed by atoms with van der Waals surface area (Å²) in [5.41, 5.74) is 2.52. The number of amides is 1. The van der Waals surface area contributed by atoms with Gasteiger partial charge in [0.25, 0.3) is 15.7 Å². The van der Waals surface area contributed by atoms with Crippen LogP contribution < -0.4 is 15.0 Å². The Kier molecular flexibility index (Phi) is 6.26. The lowest BCUT2D eigenvalue weighted by atomic mass is 10.1. The molecule has 0 unspecified atom stereocenters. The van der Waals surface area contributed by atoms with Gasteiger partial charge in [0, 0.05) is 12.1 Å². The van der Waals surface area contributed by atoms with Gasteiger partial charge in [-0.25, -0.2) is 8.42 Å². The molecule has 0 bridgehead atoms. The Labute approximate surface area is 150 Å². The Bertz CT molecular complexity index is 879. The van der Waals surface area contributed by atoms with Crippen LogP contribution in [-0.2, 0) is 21.2 Å². The molecule has 9 nitrogen and oxygen atoms in total. The molecule has 0 saturated carbocycles. The van der Waals surface area contributed by atoms with Gasteiger partial charge in [-0.1, -0.05) is 12.1 Å². The molecular formula is C16H17N3O6S. The summed E-state index contributed by atoms with van der Waals surface area (Å²) in [5, 5.41) is 10.6. The third-order valence-corrected chi connectivity index (χ3v) is 4.55. The van der Waals surface area contributed by atoms with E-state index in [-0.39, 0.29) is 17.0 Å². The first-order chi connectivity index (χ1) is 12.3. The molecule has 2 aromatic carbocycles. The Morgan fingerprint density at radius 3 is 2.27 bits per heavy atom. The van der Waals surface area contributed by atoms with E-state index in [1.54, 1.807) is 0 Å². The van der Waals surface area contributed by atoms with Crippen molar-refractivity contribution in [2.24, 2.45) is 0 Å². The molecule has 10 heteroatoms. The number of carbonyl (C=O) groups excluding carboxylic acids is 1. The van der Waals surface area contributed by atoms with Crippen LogP contribution in [0.1, 0.15) is 12.5 Å². The van der Waals surface area contributed by atoms with Gasteiger partial charge >= 0.3 is 0 Å². The summed E-state index contributed by atoms with van der Waals surface area (Å²) in [6.45, 7) is 2.27. The number of sulfonamides is 1. The Balaban J connectivity index is 1.93. The molecule has 2 N–H and O–H groups in total. The minimum absolute atomic E-state index is 0.0309. The lowest BCUT2D eigenvalue weighted by Crippen LogP contribution is -2.42. The maximum absolute atomic E-state index is 12.1. The Morgan fingerprint density at radius 1 is 1.12 bits per heavy atom. The number of rotatable bonds is 8. The number of hydrogen-bond donors (Lipinski definition) is 2. The number of nitro benzene ring substituents is 1. The molecule has 0 atom stereocenters. The predicted molar refractivity (Wildman–Crippen MR) is 92.9 cm³/mol. The summed E-state index contributed by atoms with van der Waals surface area (Å²) < 4.78 is 29.5. The first kappa shape index (κ1) is 19.3. The number of hydrogen-bond acceptors (Lipinski definition) is 6. The number of nitrogens with zero attached hydrogens (tertiary/aromatic N) is 1. The van der Waals surface area contributed by atoms with E-state index in [0.717, 1.165) is 0 Å². The number of nitrogens with one attached hydrogen (secondary N) is 2. The second-order valence-electron chi connectivity index (χ2n) is 5.16. The topological polar surface area (TPSA) is 128 Å². The van der Waals surface area contributed by atoms with Crippen molar-refractivity contribution in [2.75, 3.05) is 6.61 Å². The van der Waals surface area contributed by atoms with Crippen molar-refractivity contribution in [3.63, 3.8) is 0 Å². The minimum atomic E-state index is -3.92. The fourth-order valence-electron chi connectivity index (χ4n) is 2.03. The fourth-order valence-corrected chi connectivity index (χ4v) is 2.89. The smallest absolute Gasteiger partial charge is 0.269 e. The highest BCUT2D eigenvalue weighted by Gasteiger charge is 2.15. The molecule has 0 aliphatic carbocycles. The van der Waals surface area contributed by atoms with Crippen LogP contribution in [0.15, 0.2) is 53.4 Å². The van der Waals surface area contributed by atoms with Gasteiger partial charge in [-0.2, -0.15) is 0 Å². The van der Waals surface area contributed by atoms with E-state index >= 15 is 0 Å². The van der Waals surface area contributed by atoms with Crippen molar-refractivity contribution in [1.82, 2.24) is 10.3 Å². The minimum Gasteiger partial charge on any atom is -0.494 e. The Morgan fingerprint density at radius 2 is 1.73 bits per heavy atom. The molecule has 2 aromatic rings. The average molecular weight is 379 g/mol. The first-order valence-corrected chi connectivity index (χ1v) is 9.07. The summed E-state index contributed by atoms with van der Waals surface area (Å²) in [4.78, 5) is 23.9. The zero-order valence-corrected chi connectivity index (χ0v) is 14.7. The van der Waals surface area contributed by atoms with Crippen LogP contribution in [0.4, 0.5) is 5.69 Å². The quantitative estimate of drug-likeness (QED) is 0.529. The molecule has 0 spiro atoms. The maximum atomic E-state index is 12.1. The van der Waals surface area contributed by atoms with Gasteiger partial charge in [0.05, 0.1) is 22.8 Å². The number of hydrazine groups is 1. The summed E-state index contributed by atoms with van der Waals surface area (Å²) >= 11 is 0. The third-order valence-electron chi connectivity index (χ3n) is 3.28. The largest absolute Gasteiger partial charge is 0.494 e. The van der Waals surface area contributed by atoms with Gasteiger partial charge in [0.1, 0.15) is 5.75 Å². The fraction of sp³-hybridized carbons (Fsp3) is 0.188. The lowest BCUT2D eigenvalue weighted by molar-refractivity contribution is -0.384. The lowest BCUT2D eigenvalue weighted by Gasteiger charge is -2.09. The second kappa shape index (κ2) is 8.41. The zero-order valence-electron chi connectivity index (χ0n) is 13.8. The molecule has 0 aromatic heterocycles. The second-order valence-corrected chi connectivity index (χ2v) is 6.84. The number of carbonyl (C=O) groups is 1. The van der Waals surface area contributed by atoms with Crippen molar-refractivity contribution in [3.8, 4) is 5.75 Å². The van der Waals surface area contributed by atoms with Gasteiger partial charge in [0.2, 0.25) is 5.91 Å². The molecule has 0 aliphatic rings. The van der Waals surface area contributed by atoms with Crippen molar-refractivity contribution >= 4 is 21.6 Å². The SMILES string of the molecule is CCOc1ccc(S(=O)(=O)NNC(=O)Cc2ccc([N+](=O)[O-])cc2)cc1. The van der Waals surface area contributed by atoms with E-state index < -0.39 is 20.9 Å². The first-order valence-electron chi connectivity index (χ1n) is 7.58. The highest BCUT2D eigenvalue weighted by molar-refractivity contribution is 7.89. The monoisotopic (exact) mass is 379 g/mol. The average Bonchev–Trinajstić information content (AvgIpc) is 2.61. The van der Waals surface area contributed by atoms with Crippen LogP contribution in [0.3, 0.4) is 0 Å². The standard InChI is InChI=1S/C16H17N3O6S/c1-2-25-14-7-9-15(10-8-14)26(23,24)18-17-16(20)11-12-3-5-13(6-4-12)19(21)22/h3-10,18H,2,11H2,1H3,(H,17,20). The Hall–Kier alpha value is -2.98. The number of non-ortho nitro benzene ring substituents is 1. The molecule has 1 amide bonds. The van der Waals surface area contributed by atoms with Gasteiger partial charge in [-0.05, 0) is 36.8 Å². The van der Waals surface area contributed by atoms with Crippen molar-refractivity contribution in [3.05, 3.63) is 64.2 Å². The molecule has 26 heavy (non-hydrogen) atoms. The van der Waals surface area contributed by atoms with E-state index in [9.17, 15) is 23.3 Å². The molecule has 2 rings (SSSR count). The van der Waals surface area contributed by atoms with E-state index in [2.05, 4.69) is 5.43 Å². The molecular weight excluding hydrogens is 362 g/mol. The van der Waals surface area contributed by atoms with E-state index in [0.29, 0.717) is 17.9 Å². The van der Waals surface area contributed by atoms with Gasteiger partial charge in [-0.15, -0.1) is 4.83 Å². The molecule has 0 aliphatic heterocycles. The zero-order chi connectivity index (χ0) is 19.2. The molecule has 138 valence electrons. The van der Waals surface area contributed by atoms with Gasteiger partial charge < -0.3 is 4.74 Å². The van der Waals surface area contributed by atoms with Crippen LogP contribution in [0.5, 0.6) is 5.75 Å². The highest BCUT2D eigenvalue weighted by Crippen LogP contribution is 2.15. The van der Waals surface area contributed by atoms with Crippen LogP contribution in [0.2, 0.25) is 0 Å². The van der Waals surface area contributed by atoms with Crippen molar-refractivity contribution < 1.29 is 22.9 Å². The van der Waals surface area contributed by atoms with Crippen molar-refractivity contribution in [2.45, 2.75) is 18.2 Å². The summed E-state index contributed by atoms with van der Waals surface area (Å²) in [5.74, 6) is -0.0676. The third kappa shape index (κ3) is 5.26. The maximum Gasteiger partial charge on any atom is 0.269 e. The van der Waals surface area contributed by atoms with Crippen molar-refractivity contribution in [1.29, 1.82) is 0 Å². The summed E-state index contributed by atoms with van der Waals surface area (Å²) in [7, 11) is -3.92. The van der Waals surface area contributed by atoms with Crippen LogP contribution >= 0.6 is 0 Å². The van der Waals surface area contributed by atoms with Crippen LogP contribution in [0, 0.1) is 10.1 Å². The van der Waals surface area contributed by atoms with Gasteiger partial charge in [-0.3, -0.25) is 20.3 Å². The van der Waals surface area contributed by atoms with E-state index in [1.807, 2.05) is 11.8 Å². The molecule has 0 radical (unpaired) electrons. The normalized spacial score (nSPS) is 11.0. The molecule has 0 fully saturated rings. The summed E-state index contributed by atoms with van der Waals surface area (Å²) in [6, 6.07) is 11.1. The number of ether oxygens (including phenoxy) is 1.